The fourth-order valence-electron chi connectivity index (χ4n) is 2.57. The van der Waals surface area contributed by atoms with E-state index in [-0.39, 0.29) is 16.8 Å². The summed E-state index contributed by atoms with van der Waals surface area (Å²) in [6.07, 6.45) is 2.03. The molecule has 0 aliphatic heterocycles. The summed E-state index contributed by atoms with van der Waals surface area (Å²) in [5.74, 6) is 0.275. The monoisotopic (exact) mass is 358 g/mol. The van der Waals surface area contributed by atoms with E-state index in [0.29, 0.717) is 10.3 Å². The van der Waals surface area contributed by atoms with Crippen LogP contribution in [0.25, 0.3) is 10.9 Å². The van der Waals surface area contributed by atoms with E-state index in [1.54, 1.807) is 0 Å². The van der Waals surface area contributed by atoms with Gasteiger partial charge in [-0.15, -0.1) is 0 Å². The number of rotatable bonds is 3. The molecule has 1 atom stereocenters. The summed E-state index contributed by atoms with van der Waals surface area (Å²) < 4.78 is 1.97. The summed E-state index contributed by atoms with van der Waals surface area (Å²) in [5.41, 5.74) is 8.85. The largest absolute Gasteiger partial charge is 0.384 e. The molecular formula is C16H15ClN6S. The van der Waals surface area contributed by atoms with Crippen LogP contribution < -0.4 is 5.73 Å². The molecule has 0 fully saturated rings. The van der Waals surface area contributed by atoms with Crippen LogP contribution in [0.1, 0.15) is 29.1 Å². The van der Waals surface area contributed by atoms with Crippen LogP contribution in [0.2, 0.25) is 5.15 Å². The first-order chi connectivity index (χ1) is 11.4. The maximum Gasteiger partial charge on any atom is 0.191 e. The first-order valence-corrected chi connectivity index (χ1v) is 8.48. The SMILES string of the molecule is Cc1cn(C)c2c(Cl)nc(C(C)Sc3nc(N)cc(C#N)n3)cc12. The zero-order chi connectivity index (χ0) is 17.4. The van der Waals surface area contributed by atoms with Crippen LogP contribution in [-0.2, 0) is 7.05 Å². The van der Waals surface area contributed by atoms with Gasteiger partial charge in [0, 0.05) is 24.7 Å². The number of nitrogens with two attached hydrogens (primary N) is 1. The Morgan fingerprint density at radius 1 is 1.33 bits per heavy atom. The lowest BCUT2D eigenvalue weighted by atomic mass is 10.2. The number of fused-ring (bicyclic) bond motifs is 1. The predicted octanol–water partition coefficient (Wildman–Crippen LogP) is 3.63. The van der Waals surface area contributed by atoms with Crippen LogP contribution in [-0.4, -0.2) is 19.5 Å². The number of nitrogens with zero attached hydrogens (tertiary/aromatic N) is 5. The lowest BCUT2D eigenvalue weighted by molar-refractivity contribution is 0.932. The summed E-state index contributed by atoms with van der Waals surface area (Å²) in [6, 6.07) is 5.46. The van der Waals surface area contributed by atoms with E-state index in [9.17, 15) is 0 Å². The molecule has 1 unspecified atom stereocenters. The predicted molar refractivity (Wildman–Crippen MR) is 95.9 cm³/mol. The second kappa shape index (κ2) is 6.30. The van der Waals surface area contributed by atoms with E-state index in [1.165, 1.54) is 17.8 Å². The fraction of sp³-hybridized carbons (Fsp3) is 0.250. The molecule has 24 heavy (non-hydrogen) atoms. The lowest BCUT2D eigenvalue weighted by Crippen LogP contribution is -2.00. The average molecular weight is 359 g/mol. The molecule has 3 aromatic rings. The molecule has 0 radical (unpaired) electrons. The second-order valence-electron chi connectivity index (χ2n) is 5.49. The molecule has 0 saturated carbocycles. The third-order valence-electron chi connectivity index (χ3n) is 3.67. The van der Waals surface area contributed by atoms with E-state index in [2.05, 4.69) is 15.0 Å². The average Bonchev–Trinajstić information content (AvgIpc) is 2.81. The number of hydrogen-bond acceptors (Lipinski definition) is 6. The van der Waals surface area contributed by atoms with Crippen molar-refractivity contribution >= 4 is 40.1 Å². The van der Waals surface area contributed by atoms with E-state index >= 15 is 0 Å². The first kappa shape index (κ1) is 16.6. The summed E-state index contributed by atoms with van der Waals surface area (Å²) >= 11 is 7.75. The summed E-state index contributed by atoms with van der Waals surface area (Å²) in [7, 11) is 1.95. The van der Waals surface area contributed by atoms with Gasteiger partial charge in [-0.2, -0.15) is 5.26 Å². The Morgan fingerprint density at radius 3 is 2.79 bits per heavy atom. The minimum absolute atomic E-state index is 0.0418. The van der Waals surface area contributed by atoms with Gasteiger partial charge in [0.2, 0.25) is 0 Å². The Labute approximate surface area is 148 Å². The maximum atomic E-state index is 8.99. The molecule has 0 bridgehead atoms. The number of pyridine rings is 1. The van der Waals surface area contributed by atoms with E-state index < -0.39 is 0 Å². The number of aromatic nitrogens is 4. The number of aryl methyl sites for hydroxylation is 2. The molecule has 6 nitrogen and oxygen atoms in total. The topological polar surface area (TPSA) is 93.4 Å². The van der Waals surface area contributed by atoms with Crippen LogP contribution in [0, 0.1) is 18.3 Å². The molecule has 3 rings (SSSR count). The first-order valence-electron chi connectivity index (χ1n) is 7.22. The van der Waals surface area contributed by atoms with Crippen molar-refractivity contribution < 1.29 is 0 Å². The highest BCUT2D eigenvalue weighted by molar-refractivity contribution is 7.99. The van der Waals surface area contributed by atoms with Gasteiger partial charge >= 0.3 is 0 Å². The smallest absolute Gasteiger partial charge is 0.191 e. The molecule has 0 aliphatic carbocycles. The normalized spacial score (nSPS) is 12.3. The highest BCUT2D eigenvalue weighted by Crippen LogP contribution is 2.36. The molecule has 3 aromatic heterocycles. The molecule has 2 N–H and O–H groups in total. The van der Waals surface area contributed by atoms with Gasteiger partial charge in [-0.05, 0) is 25.5 Å². The van der Waals surface area contributed by atoms with Crippen molar-refractivity contribution in [2.24, 2.45) is 7.05 Å². The molecule has 0 amide bonds. The van der Waals surface area contributed by atoms with Gasteiger partial charge < -0.3 is 10.3 Å². The number of thioether (sulfide) groups is 1. The van der Waals surface area contributed by atoms with Crippen molar-refractivity contribution in [3.8, 4) is 6.07 Å². The minimum Gasteiger partial charge on any atom is -0.384 e. The number of halogens is 1. The number of hydrogen-bond donors (Lipinski definition) is 1. The maximum absolute atomic E-state index is 8.99. The Bertz CT molecular complexity index is 975. The van der Waals surface area contributed by atoms with Gasteiger partial charge in [-0.25, -0.2) is 15.0 Å². The zero-order valence-electron chi connectivity index (χ0n) is 13.4. The Balaban J connectivity index is 1.97. The Morgan fingerprint density at radius 2 is 2.08 bits per heavy atom. The second-order valence-corrected chi connectivity index (χ2v) is 7.16. The van der Waals surface area contributed by atoms with Crippen molar-refractivity contribution in [1.29, 1.82) is 5.26 Å². The van der Waals surface area contributed by atoms with Crippen molar-refractivity contribution in [1.82, 2.24) is 19.5 Å². The van der Waals surface area contributed by atoms with Crippen LogP contribution in [0.3, 0.4) is 0 Å². The van der Waals surface area contributed by atoms with Crippen LogP contribution >= 0.6 is 23.4 Å². The van der Waals surface area contributed by atoms with Crippen LogP contribution in [0.4, 0.5) is 5.82 Å². The van der Waals surface area contributed by atoms with Crippen molar-refractivity contribution in [3.05, 3.63) is 40.4 Å². The summed E-state index contributed by atoms with van der Waals surface area (Å²) in [6.45, 7) is 4.03. The standard InChI is InChI=1S/C16H15ClN6S/c1-8-7-23(3)14-11(8)5-12(21-15(14)17)9(2)24-16-20-10(6-18)4-13(19)22-16/h4-5,7,9H,1-3H3,(H2,19,20,22). The van der Waals surface area contributed by atoms with Crippen LogP contribution in [0.5, 0.6) is 0 Å². The highest BCUT2D eigenvalue weighted by atomic mass is 35.5. The fourth-order valence-corrected chi connectivity index (χ4v) is 3.77. The summed E-state index contributed by atoms with van der Waals surface area (Å²) in [4.78, 5) is 12.8. The molecular weight excluding hydrogens is 344 g/mol. The van der Waals surface area contributed by atoms with E-state index in [1.807, 2.05) is 43.8 Å². The quantitative estimate of drug-likeness (QED) is 0.436. The lowest BCUT2D eigenvalue weighted by Gasteiger charge is -2.11. The third kappa shape index (κ3) is 3.03. The van der Waals surface area contributed by atoms with Gasteiger partial charge in [-0.1, -0.05) is 23.4 Å². The Kier molecular flexibility index (Phi) is 4.35. The van der Waals surface area contributed by atoms with Crippen LogP contribution in [0.15, 0.2) is 23.5 Å². The molecule has 122 valence electrons. The van der Waals surface area contributed by atoms with Gasteiger partial charge in [0.05, 0.1) is 16.5 Å². The molecule has 0 saturated heterocycles. The number of anilines is 1. The highest BCUT2D eigenvalue weighted by Gasteiger charge is 2.17. The Hall–Kier alpha value is -2.30. The van der Waals surface area contributed by atoms with Crippen molar-refractivity contribution in [3.63, 3.8) is 0 Å². The van der Waals surface area contributed by atoms with Crippen molar-refractivity contribution in [2.75, 3.05) is 5.73 Å². The summed E-state index contributed by atoms with van der Waals surface area (Å²) in [5, 5.41) is 10.9. The molecule has 0 aromatic carbocycles. The molecule has 0 aliphatic rings. The minimum atomic E-state index is -0.0418. The zero-order valence-corrected chi connectivity index (χ0v) is 15.0. The molecule has 0 spiro atoms. The van der Waals surface area contributed by atoms with Gasteiger partial charge in [0.1, 0.15) is 17.6 Å². The van der Waals surface area contributed by atoms with Crippen molar-refractivity contribution in [2.45, 2.75) is 24.3 Å². The van der Waals surface area contributed by atoms with E-state index in [0.717, 1.165) is 22.2 Å². The van der Waals surface area contributed by atoms with E-state index in [4.69, 9.17) is 22.6 Å². The number of nitriles is 1. The third-order valence-corrected chi connectivity index (χ3v) is 4.93. The van der Waals surface area contributed by atoms with Gasteiger partial charge in [0.15, 0.2) is 10.3 Å². The van der Waals surface area contributed by atoms with Gasteiger partial charge in [-0.3, -0.25) is 0 Å². The molecule has 8 heteroatoms. The molecule has 3 heterocycles. The van der Waals surface area contributed by atoms with Gasteiger partial charge in [0.25, 0.3) is 0 Å². The number of nitrogen functional groups attached to an aromatic ring is 1.